The normalized spacial score (nSPS) is 11.1. The first-order chi connectivity index (χ1) is 8.81. The number of carboxylic acid groups (broad SMARTS) is 1. The van der Waals surface area contributed by atoms with Gasteiger partial charge < -0.3 is 14.6 Å². The topological polar surface area (TPSA) is 102 Å². The van der Waals surface area contributed by atoms with Crippen molar-refractivity contribution in [3.63, 3.8) is 0 Å². The zero-order chi connectivity index (χ0) is 14.6. The second-order valence-electron chi connectivity index (χ2n) is 3.36. The molecule has 0 saturated carbocycles. The van der Waals surface area contributed by atoms with Crippen LogP contribution in [-0.4, -0.2) is 40.3 Å². The summed E-state index contributed by atoms with van der Waals surface area (Å²) in [4.78, 5) is 9.84. The zero-order valence-electron chi connectivity index (χ0n) is 10.1. The smallest absolute Gasteiger partial charge is 0.318 e. The van der Waals surface area contributed by atoms with E-state index in [1.807, 2.05) is 0 Å². The maximum Gasteiger partial charge on any atom is 0.318 e. The first kappa shape index (κ1) is 15.2. The maximum absolute atomic E-state index is 13.5. The fourth-order valence-corrected chi connectivity index (χ4v) is 2.41. The molecule has 0 spiro atoms. The first-order valence-electron chi connectivity index (χ1n) is 4.94. The fourth-order valence-electron chi connectivity index (χ4n) is 1.28. The summed E-state index contributed by atoms with van der Waals surface area (Å²) in [7, 11) is -1.78. The molecule has 0 radical (unpaired) electrons. The summed E-state index contributed by atoms with van der Waals surface area (Å²) in [5, 5.41) is 8.43. The number of ether oxygens (including phenoxy) is 2. The van der Waals surface area contributed by atoms with Gasteiger partial charge in [-0.1, -0.05) is 0 Å². The van der Waals surface area contributed by atoms with Crippen molar-refractivity contribution in [2.75, 3.05) is 20.8 Å². The summed E-state index contributed by atoms with van der Waals surface area (Å²) < 4.78 is 48.4. The van der Waals surface area contributed by atoms with Crippen LogP contribution in [0, 0.1) is 5.82 Å². The largest absolute Gasteiger partial charge is 0.495 e. The Morgan fingerprint density at radius 3 is 2.37 bits per heavy atom. The monoisotopic (exact) mass is 293 g/mol. The summed E-state index contributed by atoms with van der Waals surface area (Å²) in [5.74, 6) is -2.61. The van der Waals surface area contributed by atoms with Gasteiger partial charge in [0.1, 0.15) is 17.2 Å². The molecule has 0 aromatic heterocycles. The number of aliphatic carboxylic acids is 1. The van der Waals surface area contributed by atoms with Crippen LogP contribution in [0.5, 0.6) is 11.5 Å². The van der Waals surface area contributed by atoms with Gasteiger partial charge in [-0.2, -0.15) is 4.72 Å². The number of halogens is 1. The predicted octanol–water partition coefficient (Wildman–Crippen LogP) is 0.206. The molecule has 0 fully saturated rings. The molecule has 0 amide bonds. The minimum absolute atomic E-state index is 0.156. The Bertz CT molecular complexity index is 586. The lowest BCUT2D eigenvalue weighted by molar-refractivity contribution is -0.135. The number of hydrogen-bond acceptors (Lipinski definition) is 5. The maximum atomic E-state index is 13.5. The lowest BCUT2D eigenvalue weighted by atomic mass is 10.3. The average Bonchev–Trinajstić information content (AvgIpc) is 2.36. The van der Waals surface area contributed by atoms with Crippen molar-refractivity contribution in [1.29, 1.82) is 0 Å². The highest BCUT2D eigenvalue weighted by atomic mass is 32.2. The van der Waals surface area contributed by atoms with Crippen LogP contribution < -0.4 is 14.2 Å². The number of carboxylic acids is 1. The summed E-state index contributed by atoms with van der Waals surface area (Å²) in [6, 6.07) is 1.76. The molecule has 0 saturated heterocycles. The lowest BCUT2D eigenvalue weighted by Crippen LogP contribution is -2.29. The molecule has 1 aromatic carbocycles. The van der Waals surface area contributed by atoms with E-state index in [0.29, 0.717) is 6.07 Å². The molecule has 106 valence electrons. The highest BCUT2D eigenvalue weighted by Crippen LogP contribution is 2.30. The number of sulfonamides is 1. The standard InChI is InChI=1S/C10H12FNO6S/c1-17-7-4-8(18-2)9(3-6(7)11)19(15,16)12-5-10(13)14/h3-4,12H,5H2,1-2H3,(H,13,14). The summed E-state index contributed by atoms with van der Waals surface area (Å²) in [6.45, 7) is -0.820. The molecule has 0 heterocycles. The van der Waals surface area contributed by atoms with Crippen LogP contribution in [0.1, 0.15) is 0 Å². The van der Waals surface area contributed by atoms with Crippen LogP contribution in [0.3, 0.4) is 0 Å². The Morgan fingerprint density at radius 2 is 1.89 bits per heavy atom. The Kier molecular flexibility index (Phi) is 4.67. The lowest BCUT2D eigenvalue weighted by Gasteiger charge is -2.12. The van der Waals surface area contributed by atoms with Crippen LogP contribution in [0.25, 0.3) is 0 Å². The van der Waals surface area contributed by atoms with E-state index in [2.05, 4.69) is 4.74 Å². The minimum atomic E-state index is -4.20. The van der Waals surface area contributed by atoms with Crippen molar-refractivity contribution in [3.8, 4) is 11.5 Å². The van der Waals surface area contributed by atoms with Crippen molar-refractivity contribution in [2.45, 2.75) is 4.90 Å². The molecule has 0 unspecified atom stereocenters. The fraction of sp³-hybridized carbons (Fsp3) is 0.300. The van der Waals surface area contributed by atoms with Gasteiger partial charge in [-0.15, -0.1) is 0 Å². The van der Waals surface area contributed by atoms with E-state index in [0.717, 1.165) is 6.07 Å². The van der Waals surface area contributed by atoms with Crippen LogP contribution in [-0.2, 0) is 14.8 Å². The van der Waals surface area contributed by atoms with E-state index < -0.39 is 33.3 Å². The van der Waals surface area contributed by atoms with Gasteiger partial charge in [-0.05, 0) is 0 Å². The van der Waals surface area contributed by atoms with Gasteiger partial charge in [-0.25, -0.2) is 12.8 Å². The van der Waals surface area contributed by atoms with Gasteiger partial charge in [0.2, 0.25) is 10.0 Å². The quantitative estimate of drug-likeness (QED) is 0.777. The number of nitrogens with one attached hydrogen (secondary N) is 1. The summed E-state index contributed by atoms with van der Waals surface area (Å²) in [5.41, 5.74) is 0. The second kappa shape index (κ2) is 5.85. The Labute approximate surface area is 109 Å². The van der Waals surface area contributed by atoms with E-state index in [4.69, 9.17) is 9.84 Å². The Morgan fingerprint density at radius 1 is 1.32 bits per heavy atom. The molecular weight excluding hydrogens is 281 g/mol. The molecule has 0 aliphatic carbocycles. The molecule has 19 heavy (non-hydrogen) atoms. The third kappa shape index (κ3) is 3.55. The Hall–Kier alpha value is -1.87. The third-order valence-corrected chi connectivity index (χ3v) is 3.56. The van der Waals surface area contributed by atoms with Crippen LogP contribution in [0.4, 0.5) is 4.39 Å². The van der Waals surface area contributed by atoms with Crippen LogP contribution in [0.2, 0.25) is 0 Å². The van der Waals surface area contributed by atoms with Gasteiger partial charge in [0.15, 0.2) is 11.6 Å². The molecule has 0 aliphatic rings. The second-order valence-corrected chi connectivity index (χ2v) is 5.09. The van der Waals surface area contributed by atoms with E-state index in [-0.39, 0.29) is 11.5 Å². The molecule has 1 aromatic rings. The van der Waals surface area contributed by atoms with Gasteiger partial charge in [0, 0.05) is 12.1 Å². The highest BCUT2D eigenvalue weighted by molar-refractivity contribution is 7.89. The van der Waals surface area contributed by atoms with Crippen LogP contribution >= 0.6 is 0 Å². The number of benzene rings is 1. The molecule has 0 bridgehead atoms. The minimum Gasteiger partial charge on any atom is -0.495 e. The van der Waals surface area contributed by atoms with Crippen molar-refractivity contribution in [2.24, 2.45) is 0 Å². The first-order valence-corrected chi connectivity index (χ1v) is 6.43. The molecule has 0 atom stereocenters. The molecule has 9 heteroatoms. The number of rotatable bonds is 6. The molecule has 7 nitrogen and oxygen atoms in total. The van der Waals surface area contributed by atoms with Crippen molar-refractivity contribution >= 4 is 16.0 Å². The highest BCUT2D eigenvalue weighted by Gasteiger charge is 2.23. The average molecular weight is 293 g/mol. The van der Waals surface area contributed by atoms with Crippen molar-refractivity contribution in [3.05, 3.63) is 17.9 Å². The van der Waals surface area contributed by atoms with Crippen molar-refractivity contribution in [1.82, 2.24) is 4.72 Å². The third-order valence-electron chi connectivity index (χ3n) is 2.14. The zero-order valence-corrected chi connectivity index (χ0v) is 11.0. The molecule has 2 N–H and O–H groups in total. The van der Waals surface area contributed by atoms with E-state index >= 15 is 0 Å². The van der Waals surface area contributed by atoms with Crippen LogP contribution in [0.15, 0.2) is 17.0 Å². The predicted molar refractivity (Wildman–Crippen MR) is 62.3 cm³/mol. The number of hydrogen-bond donors (Lipinski definition) is 2. The number of carbonyl (C=O) groups is 1. The summed E-state index contributed by atoms with van der Waals surface area (Å²) >= 11 is 0. The van der Waals surface area contributed by atoms with Gasteiger partial charge in [-0.3, -0.25) is 4.79 Å². The van der Waals surface area contributed by atoms with Crippen molar-refractivity contribution < 1.29 is 32.2 Å². The van der Waals surface area contributed by atoms with E-state index in [9.17, 15) is 17.6 Å². The molecule has 0 aliphatic heterocycles. The van der Waals surface area contributed by atoms with E-state index in [1.54, 1.807) is 4.72 Å². The van der Waals surface area contributed by atoms with Gasteiger partial charge in [0.25, 0.3) is 0 Å². The Balaban J connectivity index is 3.25. The van der Waals surface area contributed by atoms with E-state index in [1.165, 1.54) is 14.2 Å². The number of methoxy groups -OCH3 is 2. The van der Waals surface area contributed by atoms with Gasteiger partial charge >= 0.3 is 5.97 Å². The SMILES string of the molecule is COc1cc(OC)c(S(=O)(=O)NCC(=O)O)cc1F. The molecule has 1 rings (SSSR count). The molecular formula is C10H12FNO6S. The van der Waals surface area contributed by atoms with Gasteiger partial charge in [0.05, 0.1) is 14.2 Å². The summed E-state index contributed by atoms with van der Waals surface area (Å²) in [6.07, 6.45) is 0.